The van der Waals surface area contributed by atoms with E-state index >= 15 is 0 Å². The average molecular weight is 319 g/mol. The summed E-state index contributed by atoms with van der Waals surface area (Å²) in [4.78, 5) is 0. The lowest BCUT2D eigenvalue weighted by Gasteiger charge is -2.23. The number of H-pyrrole nitrogens is 1. The molecule has 1 aliphatic heterocycles. The molecule has 3 aromatic rings. The first kappa shape index (κ1) is 14.4. The fourth-order valence-corrected chi connectivity index (χ4v) is 3.48. The molecule has 3 N–H and O–H groups in total. The van der Waals surface area contributed by atoms with Gasteiger partial charge in [0.1, 0.15) is 11.6 Å². The molecule has 120 valence electrons. The van der Waals surface area contributed by atoms with Crippen molar-refractivity contribution in [3.63, 3.8) is 0 Å². The second-order valence-electron chi connectivity index (χ2n) is 5.88. The highest BCUT2D eigenvalue weighted by atomic mass is 16.5. The van der Waals surface area contributed by atoms with Crippen molar-refractivity contribution in [2.24, 2.45) is 5.73 Å². The van der Waals surface area contributed by atoms with Gasteiger partial charge in [-0.2, -0.15) is 5.26 Å². The molecule has 0 amide bonds. The number of benzene rings is 1. The van der Waals surface area contributed by atoms with Gasteiger partial charge in [-0.1, -0.05) is 18.2 Å². The Balaban J connectivity index is 2.05. The summed E-state index contributed by atoms with van der Waals surface area (Å²) >= 11 is 0. The summed E-state index contributed by atoms with van der Waals surface area (Å²) in [7, 11) is 0. The van der Waals surface area contributed by atoms with E-state index < -0.39 is 0 Å². The molecule has 0 bridgehead atoms. The predicted molar refractivity (Wildman–Crippen MR) is 90.2 cm³/mol. The Morgan fingerprint density at radius 3 is 2.96 bits per heavy atom. The van der Waals surface area contributed by atoms with E-state index in [0.717, 1.165) is 34.3 Å². The molecule has 2 aromatic heterocycles. The van der Waals surface area contributed by atoms with Crippen LogP contribution in [0.25, 0.3) is 10.9 Å². The lowest BCUT2D eigenvalue weighted by atomic mass is 9.84. The summed E-state index contributed by atoms with van der Waals surface area (Å²) in [5.74, 6) is 0.285. The third-order valence-electron chi connectivity index (χ3n) is 4.60. The molecule has 1 aliphatic rings. The standard InChI is InChI=1S/C18H17N5O/c1-3-23-9-13(11-6-4-5-7-14(11)23)16-12(8-19)17(20)24-18-15(16)10(2)21-22-18/h4-7,9,16H,3,20H2,1-2H3,(H,21,22)/t16-/m0/s1. The second-order valence-corrected chi connectivity index (χ2v) is 5.88. The van der Waals surface area contributed by atoms with Gasteiger partial charge in [0.25, 0.3) is 0 Å². The quantitative estimate of drug-likeness (QED) is 0.759. The largest absolute Gasteiger partial charge is 0.420 e. The number of nitrogens with one attached hydrogen (secondary N) is 1. The molecule has 6 nitrogen and oxygen atoms in total. The van der Waals surface area contributed by atoms with Gasteiger partial charge >= 0.3 is 0 Å². The number of aromatic amines is 1. The molecule has 0 spiro atoms. The average Bonchev–Trinajstić information content (AvgIpc) is 3.14. The number of aromatic nitrogens is 3. The molecule has 6 heteroatoms. The van der Waals surface area contributed by atoms with Crippen LogP contribution in [0.1, 0.15) is 29.7 Å². The number of nitrogens with two attached hydrogens (primary N) is 1. The molecular formula is C18H17N5O. The normalized spacial score (nSPS) is 16.8. The maximum Gasteiger partial charge on any atom is 0.244 e. The predicted octanol–water partition coefficient (Wildman–Crippen LogP) is 2.91. The highest BCUT2D eigenvalue weighted by molar-refractivity contribution is 5.86. The zero-order chi connectivity index (χ0) is 16.8. The fraction of sp³-hybridized carbons (Fsp3) is 0.222. The first-order valence-corrected chi connectivity index (χ1v) is 7.85. The topological polar surface area (TPSA) is 92.7 Å². The maximum absolute atomic E-state index is 9.68. The first-order chi connectivity index (χ1) is 11.7. The van der Waals surface area contributed by atoms with Gasteiger partial charge in [-0.25, -0.2) is 0 Å². The van der Waals surface area contributed by atoms with Crippen LogP contribution in [0.2, 0.25) is 0 Å². The lowest BCUT2D eigenvalue weighted by molar-refractivity contribution is 0.379. The molecule has 0 saturated carbocycles. The summed E-state index contributed by atoms with van der Waals surface area (Å²) in [6, 6.07) is 10.4. The summed E-state index contributed by atoms with van der Waals surface area (Å²) in [6.07, 6.45) is 2.10. The van der Waals surface area contributed by atoms with Crippen LogP contribution in [0, 0.1) is 18.3 Å². The third kappa shape index (κ3) is 1.85. The van der Waals surface area contributed by atoms with Crippen LogP contribution in [-0.2, 0) is 6.54 Å². The van der Waals surface area contributed by atoms with Gasteiger partial charge in [-0.3, -0.25) is 5.10 Å². The minimum Gasteiger partial charge on any atom is -0.420 e. The summed E-state index contributed by atoms with van der Waals surface area (Å²) in [5.41, 5.74) is 10.4. The number of ether oxygens (including phenoxy) is 1. The van der Waals surface area contributed by atoms with Crippen molar-refractivity contribution in [1.82, 2.24) is 14.8 Å². The van der Waals surface area contributed by atoms with E-state index in [9.17, 15) is 5.26 Å². The van der Waals surface area contributed by atoms with E-state index in [4.69, 9.17) is 10.5 Å². The van der Waals surface area contributed by atoms with Crippen LogP contribution >= 0.6 is 0 Å². The van der Waals surface area contributed by atoms with Crippen LogP contribution in [0.5, 0.6) is 5.88 Å². The Hall–Kier alpha value is -3.20. The Morgan fingerprint density at radius 2 is 2.21 bits per heavy atom. The molecule has 1 atom stereocenters. The van der Waals surface area contributed by atoms with Crippen molar-refractivity contribution >= 4 is 10.9 Å². The zero-order valence-corrected chi connectivity index (χ0v) is 13.5. The molecule has 0 radical (unpaired) electrons. The maximum atomic E-state index is 9.68. The molecule has 4 rings (SSSR count). The molecule has 0 fully saturated rings. The number of hydrogen-bond acceptors (Lipinski definition) is 4. The van der Waals surface area contributed by atoms with Crippen molar-refractivity contribution in [2.75, 3.05) is 0 Å². The van der Waals surface area contributed by atoms with E-state index in [1.165, 1.54) is 0 Å². The SMILES string of the molecule is CCn1cc([C@@H]2C(C#N)=C(N)Oc3n[nH]c(C)c32)c2ccccc21. The zero-order valence-electron chi connectivity index (χ0n) is 13.5. The van der Waals surface area contributed by atoms with E-state index in [1.807, 2.05) is 19.1 Å². The van der Waals surface area contributed by atoms with E-state index in [1.54, 1.807) is 0 Å². The van der Waals surface area contributed by atoms with Crippen LogP contribution < -0.4 is 10.5 Å². The first-order valence-electron chi connectivity index (χ1n) is 7.85. The monoisotopic (exact) mass is 319 g/mol. The molecule has 24 heavy (non-hydrogen) atoms. The second kappa shape index (κ2) is 5.17. The van der Waals surface area contributed by atoms with E-state index in [2.05, 4.69) is 46.1 Å². The lowest BCUT2D eigenvalue weighted by Crippen LogP contribution is -2.20. The number of nitriles is 1. The Labute approximate surface area is 139 Å². The molecule has 1 aromatic carbocycles. The number of fused-ring (bicyclic) bond motifs is 2. The minimum atomic E-state index is -0.282. The number of para-hydroxylation sites is 1. The molecule has 3 heterocycles. The smallest absolute Gasteiger partial charge is 0.244 e. The van der Waals surface area contributed by atoms with Crippen LogP contribution in [0.3, 0.4) is 0 Å². The number of rotatable bonds is 2. The number of nitrogens with zero attached hydrogens (tertiary/aromatic N) is 3. The van der Waals surface area contributed by atoms with E-state index in [0.29, 0.717) is 11.5 Å². The third-order valence-corrected chi connectivity index (χ3v) is 4.60. The van der Waals surface area contributed by atoms with Gasteiger partial charge in [0, 0.05) is 34.9 Å². The Bertz CT molecular complexity index is 1020. The fourth-order valence-electron chi connectivity index (χ4n) is 3.48. The number of allylic oxidation sites excluding steroid dienone is 1. The van der Waals surface area contributed by atoms with Crippen LogP contribution in [0.15, 0.2) is 41.9 Å². The number of hydrogen-bond donors (Lipinski definition) is 2. The van der Waals surface area contributed by atoms with E-state index in [-0.39, 0.29) is 11.8 Å². The van der Waals surface area contributed by atoms with Gasteiger partial charge in [-0.05, 0) is 25.5 Å². The van der Waals surface area contributed by atoms with Gasteiger partial charge < -0.3 is 15.0 Å². The van der Waals surface area contributed by atoms with Gasteiger partial charge in [0.15, 0.2) is 0 Å². The van der Waals surface area contributed by atoms with Crippen LogP contribution in [0.4, 0.5) is 0 Å². The highest BCUT2D eigenvalue weighted by Gasteiger charge is 2.35. The molecular weight excluding hydrogens is 302 g/mol. The molecule has 0 aliphatic carbocycles. The minimum absolute atomic E-state index is 0.120. The van der Waals surface area contributed by atoms with Gasteiger partial charge in [0.2, 0.25) is 11.8 Å². The van der Waals surface area contributed by atoms with Gasteiger partial charge in [-0.15, -0.1) is 5.10 Å². The highest BCUT2D eigenvalue weighted by Crippen LogP contribution is 2.44. The van der Waals surface area contributed by atoms with Crippen LogP contribution in [-0.4, -0.2) is 14.8 Å². The Kier molecular flexibility index (Phi) is 3.10. The number of aryl methyl sites for hydroxylation is 2. The molecule has 0 unspecified atom stereocenters. The van der Waals surface area contributed by atoms with Crippen molar-refractivity contribution in [3.8, 4) is 11.9 Å². The van der Waals surface area contributed by atoms with Gasteiger partial charge in [0.05, 0.1) is 5.92 Å². The Morgan fingerprint density at radius 1 is 1.42 bits per heavy atom. The van der Waals surface area contributed by atoms with Crippen molar-refractivity contribution < 1.29 is 4.74 Å². The summed E-state index contributed by atoms with van der Waals surface area (Å²) in [6.45, 7) is 4.88. The van der Waals surface area contributed by atoms with Crippen molar-refractivity contribution in [3.05, 3.63) is 58.7 Å². The van der Waals surface area contributed by atoms with Crippen molar-refractivity contribution in [1.29, 1.82) is 5.26 Å². The molecule has 0 saturated heterocycles. The summed E-state index contributed by atoms with van der Waals surface area (Å²) in [5, 5.41) is 17.9. The summed E-state index contributed by atoms with van der Waals surface area (Å²) < 4.78 is 7.72. The van der Waals surface area contributed by atoms with Crippen molar-refractivity contribution in [2.45, 2.75) is 26.3 Å².